The van der Waals surface area contributed by atoms with Gasteiger partial charge in [-0.3, -0.25) is 0 Å². The maximum absolute atomic E-state index is 5.67. The molecule has 1 heterocycles. The van der Waals surface area contributed by atoms with Crippen LogP contribution in [-0.2, 0) is 20.0 Å². The lowest BCUT2D eigenvalue weighted by Gasteiger charge is -2.07. The topological polar surface area (TPSA) is 53.1 Å². The summed E-state index contributed by atoms with van der Waals surface area (Å²) in [5.41, 5.74) is 9.12. The van der Waals surface area contributed by atoms with Crippen LogP contribution in [0.1, 0.15) is 22.8 Å². The zero-order valence-corrected chi connectivity index (χ0v) is 11.1. The van der Waals surface area contributed by atoms with E-state index in [4.69, 9.17) is 10.5 Å². The number of aromatic nitrogens is 2. The van der Waals surface area contributed by atoms with Crippen molar-refractivity contribution in [2.75, 3.05) is 7.11 Å². The van der Waals surface area contributed by atoms with Crippen molar-refractivity contribution >= 4 is 0 Å². The third-order valence-electron chi connectivity index (χ3n) is 3.19. The van der Waals surface area contributed by atoms with Crippen LogP contribution in [0.2, 0.25) is 0 Å². The zero-order chi connectivity index (χ0) is 13.1. The maximum Gasteiger partial charge on any atom is 0.122 e. The number of benzene rings is 1. The summed E-state index contributed by atoms with van der Waals surface area (Å²) in [4.78, 5) is 4.47. The molecule has 0 radical (unpaired) electrons. The Balaban J connectivity index is 2.30. The molecule has 2 rings (SSSR count). The quantitative estimate of drug-likeness (QED) is 0.893. The van der Waals surface area contributed by atoms with Crippen molar-refractivity contribution in [1.29, 1.82) is 0 Å². The van der Waals surface area contributed by atoms with Crippen molar-refractivity contribution in [2.45, 2.75) is 19.9 Å². The molecule has 0 fully saturated rings. The molecule has 0 spiro atoms. The van der Waals surface area contributed by atoms with Crippen molar-refractivity contribution in [3.8, 4) is 5.75 Å². The molecule has 2 N–H and O–H groups in total. The van der Waals surface area contributed by atoms with Gasteiger partial charge in [-0.25, -0.2) is 4.98 Å². The molecular weight excluding hydrogens is 226 g/mol. The van der Waals surface area contributed by atoms with E-state index in [1.54, 1.807) is 7.11 Å². The standard InChI is InChI=1S/C14H19N3O/c1-10-13(17(2)14(9-15)16-10)8-11-5-4-6-12(7-11)18-3/h4-7H,8-9,15H2,1-3H3. The van der Waals surface area contributed by atoms with Gasteiger partial charge in [0.2, 0.25) is 0 Å². The van der Waals surface area contributed by atoms with Crippen molar-refractivity contribution in [3.63, 3.8) is 0 Å². The first-order valence-electron chi connectivity index (χ1n) is 5.99. The molecule has 0 aliphatic rings. The average molecular weight is 245 g/mol. The molecule has 18 heavy (non-hydrogen) atoms. The third kappa shape index (κ3) is 2.38. The fourth-order valence-electron chi connectivity index (χ4n) is 2.14. The smallest absolute Gasteiger partial charge is 0.122 e. The summed E-state index contributed by atoms with van der Waals surface area (Å²) in [5.74, 6) is 1.80. The number of aryl methyl sites for hydroxylation is 1. The van der Waals surface area contributed by atoms with E-state index in [2.05, 4.69) is 21.7 Å². The molecule has 0 saturated carbocycles. The van der Waals surface area contributed by atoms with Crippen LogP contribution in [0.4, 0.5) is 0 Å². The Hall–Kier alpha value is -1.81. The van der Waals surface area contributed by atoms with Crippen LogP contribution >= 0.6 is 0 Å². The number of ether oxygens (including phenoxy) is 1. The molecule has 2 aromatic rings. The SMILES string of the molecule is COc1cccc(Cc2c(C)nc(CN)n2C)c1. The lowest BCUT2D eigenvalue weighted by atomic mass is 10.1. The molecule has 0 bridgehead atoms. The van der Waals surface area contributed by atoms with Crippen LogP contribution in [0.5, 0.6) is 5.75 Å². The van der Waals surface area contributed by atoms with Crippen LogP contribution < -0.4 is 10.5 Å². The Kier molecular flexibility index (Phi) is 3.67. The fraction of sp³-hybridized carbons (Fsp3) is 0.357. The summed E-state index contributed by atoms with van der Waals surface area (Å²) in [6.07, 6.45) is 0.840. The van der Waals surface area contributed by atoms with E-state index >= 15 is 0 Å². The summed E-state index contributed by atoms with van der Waals surface area (Å²) >= 11 is 0. The molecule has 4 heteroatoms. The van der Waals surface area contributed by atoms with E-state index in [-0.39, 0.29) is 0 Å². The number of nitrogens with two attached hydrogens (primary N) is 1. The first kappa shape index (κ1) is 12.6. The molecular formula is C14H19N3O. The first-order valence-corrected chi connectivity index (χ1v) is 5.99. The lowest BCUT2D eigenvalue weighted by molar-refractivity contribution is 0.414. The second-order valence-electron chi connectivity index (χ2n) is 4.35. The van der Waals surface area contributed by atoms with Gasteiger partial charge in [0.1, 0.15) is 11.6 Å². The Morgan fingerprint density at radius 2 is 2.17 bits per heavy atom. The number of rotatable bonds is 4. The van der Waals surface area contributed by atoms with Gasteiger partial charge in [-0.2, -0.15) is 0 Å². The van der Waals surface area contributed by atoms with Crippen LogP contribution in [0.25, 0.3) is 0 Å². The van der Waals surface area contributed by atoms with Crippen LogP contribution in [-0.4, -0.2) is 16.7 Å². The molecule has 1 aromatic carbocycles. The second kappa shape index (κ2) is 5.23. The monoisotopic (exact) mass is 245 g/mol. The number of methoxy groups -OCH3 is 1. The molecule has 96 valence electrons. The third-order valence-corrected chi connectivity index (χ3v) is 3.19. The van der Waals surface area contributed by atoms with Crippen molar-refractivity contribution in [3.05, 3.63) is 47.0 Å². The van der Waals surface area contributed by atoms with Crippen molar-refractivity contribution < 1.29 is 4.74 Å². The van der Waals surface area contributed by atoms with Gasteiger partial charge < -0.3 is 15.0 Å². The fourth-order valence-corrected chi connectivity index (χ4v) is 2.14. The number of nitrogens with zero attached hydrogens (tertiary/aromatic N) is 2. The zero-order valence-electron chi connectivity index (χ0n) is 11.1. The lowest BCUT2D eigenvalue weighted by Crippen LogP contribution is -2.07. The number of hydrogen-bond donors (Lipinski definition) is 1. The molecule has 4 nitrogen and oxygen atoms in total. The van der Waals surface area contributed by atoms with Gasteiger partial charge in [-0.1, -0.05) is 12.1 Å². The van der Waals surface area contributed by atoms with E-state index in [0.717, 1.165) is 23.7 Å². The molecule has 0 amide bonds. The molecule has 0 saturated heterocycles. The van der Waals surface area contributed by atoms with E-state index in [0.29, 0.717) is 6.54 Å². The van der Waals surface area contributed by atoms with Crippen molar-refractivity contribution in [2.24, 2.45) is 12.8 Å². The molecule has 0 atom stereocenters. The van der Waals surface area contributed by atoms with Crippen molar-refractivity contribution in [1.82, 2.24) is 9.55 Å². The van der Waals surface area contributed by atoms with E-state index < -0.39 is 0 Å². The molecule has 1 aromatic heterocycles. The van der Waals surface area contributed by atoms with Crippen LogP contribution in [0, 0.1) is 6.92 Å². The minimum Gasteiger partial charge on any atom is -0.497 e. The van der Waals surface area contributed by atoms with Gasteiger partial charge in [-0.05, 0) is 24.6 Å². The molecule has 0 unspecified atom stereocenters. The summed E-state index contributed by atoms with van der Waals surface area (Å²) in [7, 11) is 3.69. The van der Waals surface area contributed by atoms with Gasteiger partial charge >= 0.3 is 0 Å². The van der Waals surface area contributed by atoms with Gasteiger partial charge in [0.25, 0.3) is 0 Å². The summed E-state index contributed by atoms with van der Waals surface area (Å²) in [6, 6.07) is 8.10. The summed E-state index contributed by atoms with van der Waals surface area (Å²) < 4.78 is 7.32. The Morgan fingerprint density at radius 3 is 2.78 bits per heavy atom. The largest absolute Gasteiger partial charge is 0.497 e. The van der Waals surface area contributed by atoms with Gasteiger partial charge in [0, 0.05) is 19.2 Å². The number of imidazole rings is 1. The first-order chi connectivity index (χ1) is 8.65. The predicted molar refractivity (Wildman–Crippen MR) is 71.6 cm³/mol. The highest BCUT2D eigenvalue weighted by molar-refractivity contribution is 5.32. The van der Waals surface area contributed by atoms with Gasteiger partial charge in [-0.15, -0.1) is 0 Å². The highest BCUT2D eigenvalue weighted by Crippen LogP contribution is 2.18. The Morgan fingerprint density at radius 1 is 1.39 bits per heavy atom. The second-order valence-corrected chi connectivity index (χ2v) is 4.35. The predicted octanol–water partition coefficient (Wildman–Crippen LogP) is 1.79. The highest BCUT2D eigenvalue weighted by atomic mass is 16.5. The maximum atomic E-state index is 5.67. The highest BCUT2D eigenvalue weighted by Gasteiger charge is 2.11. The average Bonchev–Trinajstić information content (AvgIpc) is 2.66. The summed E-state index contributed by atoms with van der Waals surface area (Å²) in [6.45, 7) is 2.49. The van der Waals surface area contributed by atoms with Crippen LogP contribution in [0.15, 0.2) is 24.3 Å². The van der Waals surface area contributed by atoms with E-state index in [1.165, 1.54) is 11.3 Å². The van der Waals surface area contributed by atoms with E-state index in [9.17, 15) is 0 Å². The van der Waals surface area contributed by atoms with Gasteiger partial charge in [0.15, 0.2) is 0 Å². The van der Waals surface area contributed by atoms with Gasteiger partial charge in [0.05, 0.1) is 19.3 Å². The minimum absolute atomic E-state index is 0.468. The van der Waals surface area contributed by atoms with Crippen LogP contribution in [0.3, 0.4) is 0 Å². The molecule has 0 aliphatic heterocycles. The Bertz CT molecular complexity index is 546. The summed E-state index contributed by atoms with van der Waals surface area (Å²) in [5, 5.41) is 0. The normalized spacial score (nSPS) is 10.7. The minimum atomic E-state index is 0.468. The molecule has 0 aliphatic carbocycles. The Labute approximate surface area is 107 Å². The number of hydrogen-bond acceptors (Lipinski definition) is 3. The van der Waals surface area contributed by atoms with E-state index in [1.807, 2.05) is 26.1 Å².